The van der Waals surface area contributed by atoms with Gasteiger partial charge in [-0.05, 0) is 115 Å². The van der Waals surface area contributed by atoms with Crippen molar-refractivity contribution in [3.05, 3.63) is 147 Å². The number of allylic oxidation sites excluding steroid dienone is 10. The summed E-state index contributed by atoms with van der Waals surface area (Å²) in [5.74, 6) is 1.19. The van der Waals surface area contributed by atoms with E-state index < -0.39 is 5.60 Å². The number of amides is 2. The summed E-state index contributed by atoms with van der Waals surface area (Å²) >= 11 is 19.9. The third-order valence-corrected chi connectivity index (χ3v) is 12.5. The summed E-state index contributed by atoms with van der Waals surface area (Å²) in [5, 5.41) is 27.9. The quantitative estimate of drug-likeness (QED) is 0.0445. The Hall–Kier alpha value is -4.87. The molecule has 0 saturated heterocycles. The van der Waals surface area contributed by atoms with Gasteiger partial charge < -0.3 is 25.0 Å². The SMILES string of the molecule is CC/C=C\C/C=C\C/C=C\C/C=C\C/C=C\CCCC(=O)NCCNC(=O)c1cc(C2CC(O)(c3ccc(OCc4c(-c5c(Cl)cccc5Cl)noc4C4CC4)cc3Cl)C2)n(C(C)C)n1. The van der Waals surface area contributed by atoms with Crippen LogP contribution in [0, 0.1) is 0 Å². The minimum Gasteiger partial charge on any atom is -0.489 e. The number of nitrogens with zero attached hydrogens (tertiary/aromatic N) is 3. The molecular formula is C52H62Cl3N5O5. The molecule has 346 valence electrons. The van der Waals surface area contributed by atoms with Gasteiger partial charge in [-0.1, -0.05) is 120 Å². The first-order valence-electron chi connectivity index (χ1n) is 23.0. The molecule has 0 bridgehead atoms. The van der Waals surface area contributed by atoms with Crippen LogP contribution in [0.25, 0.3) is 11.3 Å². The van der Waals surface area contributed by atoms with Crippen molar-refractivity contribution in [1.82, 2.24) is 25.6 Å². The highest BCUT2D eigenvalue weighted by molar-refractivity contribution is 6.39. The molecule has 6 rings (SSSR count). The Labute approximate surface area is 398 Å². The summed E-state index contributed by atoms with van der Waals surface area (Å²) in [6, 6.07) is 12.4. The molecule has 2 amide bonds. The second-order valence-electron chi connectivity index (χ2n) is 17.0. The molecule has 2 aliphatic carbocycles. The average molecular weight is 943 g/mol. The van der Waals surface area contributed by atoms with E-state index in [4.69, 9.17) is 44.1 Å². The Balaban J connectivity index is 0.907. The highest BCUT2D eigenvalue weighted by Gasteiger charge is 2.47. The van der Waals surface area contributed by atoms with E-state index in [1.807, 2.05) is 18.5 Å². The number of carbonyl (C=O) groups is 2. The Morgan fingerprint density at radius 2 is 1.49 bits per heavy atom. The molecule has 10 nitrogen and oxygen atoms in total. The Bertz CT molecular complexity index is 2350. The molecule has 2 saturated carbocycles. The number of ether oxygens (including phenoxy) is 1. The molecule has 2 heterocycles. The first-order valence-corrected chi connectivity index (χ1v) is 24.1. The Morgan fingerprint density at radius 3 is 2.11 bits per heavy atom. The maximum Gasteiger partial charge on any atom is 0.271 e. The van der Waals surface area contributed by atoms with Crippen LogP contribution >= 0.6 is 34.8 Å². The van der Waals surface area contributed by atoms with Crippen molar-refractivity contribution in [3.8, 4) is 17.0 Å². The molecule has 2 aromatic heterocycles. The monoisotopic (exact) mass is 941 g/mol. The molecule has 0 spiro atoms. The molecule has 2 aromatic carbocycles. The van der Waals surface area contributed by atoms with Gasteiger partial charge in [0, 0.05) is 54.2 Å². The summed E-state index contributed by atoms with van der Waals surface area (Å²) in [5.41, 5.74) is 2.58. The van der Waals surface area contributed by atoms with E-state index in [-0.39, 0.29) is 42.8 Å². The standard InChI is InChI=1S/C52H62Cl3N5O5/c1-4-5-6-7-8-9-10-11-12-13-14-15-16-17-18-19-20-24-47(61)56-29-30-57-51(62)45-32-46(60(58-45)36(2)3)38-33-52(63,34-38)41-28-27-39(31-44(41)55)64-35-40-49(59-65-50(40)37-25-26-37)48-42(53)22-21-23-43(48)54/h5-6,8-9,11-12,14-15,17-18,21-23,27-28,31-32,36-38,63H,4,7,10,13,16,19-20,24-26,29-30,33-35H2,1-3H3,(H,56,61)(H,57,62)/b6-5-,9-8-,12-11-,15-14-,18-17-. The summed E-state index contributed by atoms with van der Waals surface area (Å²) < 4.78 is 13.9. The fraction of sp³-hybridized carbons (Fsp3) is 0.423. The smallest absolute Gasteiger partial charge is 0.271 e. The zero-order valence-corrected chi connectivity index (χ0v) is 40.0. The van der Waals surface area contributed by atoms with Crippen molar-refractivity contribution in [2.75, 3.05) is 13.1 Å². The van der Waals surface area contributed by atoms with Gasteiger partial charge in [0.15, 0.2) is 0 Å². The van der Waals surface area contributed by atoms with Gasteiger partial charge in [0.2, 0.25) is 5.91 Å². The van der Waals surface area contributed by atoms with Crippen LogP contribution in [-0.4, -0.2) is 44.9 Å². The van der Waals surface area contributed by atoms with Crippen LogP contribution < -0.4 is 15.4 Å². The summed E-state index contributed by atoms with van der Waals surface area (Å²) in [4.78, 5) is 25.6. The number of benzene rings is 2. The van der Waals surface area contributed by atoms with Gasteiger partial charge in [0.1, 0.15) is 29.5 Å². The third-order valence-electron chi connectivity index (χ3n) is 11.5. The predicted octanol–water partition coefficient (Wildman–Crippen LogP) is 13.1. The Kier molecular flexibility index (Phi) is 18.8. The van der Waals surface area contributed by atoms with Gasteiger partial charge in [-0.3, -0.25) is 14.3 Å². The average Bonchev–Trinajstić information content (AvgIpc) is 3.88. The number of aromatic nitrogens is 3. The molecule has 2 aliphatic rings. The lowest BCUT2D eigenvalue weighted by molar-refractivity contribution is -0.121. The second-order valence-corrected chi connectivity index (χ2v) is 18.2. The van der Waals surface area contributed by atoms with E-state index in [1.54, 1.807) is 42.5 Å². The zero-order chi connectivity index (χ0) is 46.2. The first-order chi connectivity index (χ1) is 31.5. The van der Waals surface area contributed by atoms with Crippen molar-refractivity contribution in [2.24, 2.45) is 0 Å². The van der Waals surface area contributed by atoms with Crippen LogP contribution in [0.4, 0.5) is 0 Å². The summed E-state index contributed by atoms with van der Waals surface area (Å²) in [6.45, 7) is 6.94. The molecule has 0 unspecified atom stereocenters. The fourth-order valence-corrected chi connectivity index (χ4v) is 8.82. The van der Waals surface area contributed by atoms with Gasteiger partial charge in [0.05, 0.1) is 26.2 Å². The van der Waals surface area contributed by atoms with Crippen molar-refractivity contribution >= 4 is 46.6 Å². The maximum absolute atomic E-state index is 13.2. The van der Waals surface area contributed by atoms with E-state index in [0.29, 0.717) is 69.1 Å². The van der Waals surface area contributed by atoms with Crippen LogP contribution in [0.15, 0.2) is 108 Å². The lowest BCUT2D eigenvalue weighted by atomic mass is 9.66. The number of rotatable bonds is 25. The van der Waals surface area contributed by atoms with E-state index in [9.17, 15) is 14.7 Å². The number of hydrogen-bond acceptors (Lipinski definition) is 7. The number of nitrogens with one attached hydrogen (secondary N) is 2. The molecule has 0 aliphatic heterocycles. The number of carbonyl (C=O) groups excluding carboxylic acids is 2. The minimum absolute atomic E-state index is 0.00512. The van der Waals surface area contributed by atoms with Gasteiger partial charge in [-0.25, -0.2) is 0 Å². The lowest BCUT2D eigenvalue weighted by Crippen LogP contribution is -2.41. The molecule has 0 atom stereocenters. The number of hydrogen-bond donors (Lipinski definition) is 3. The third kappa shape index (κ3) is 14.1. The van der Waals surface area contributed by atoms with Crippen molar-refractivity contribution in [1.29, 1.82) is 0 Å². The zero-order valence-electron chi connectivity index (χ0n) is 37.7. The highest BCUT2D eigenvalue weighted by Crippen LogP contribution is 2.53. The van der Waals surface area contributed by atoms with Crippen LogP contribution in [-0.2, 0) is 17.0 Å². The van der Waals surface area contributed by atoms with Crippen LogP contribution in [0.2, 0.25) is 15.1 Å². The molecular weight excluding hydrogens is 881 g/mol. The summed E-state index contributed by atoms with van der Waals surface area (Å²) in [6.07, 6.45) is 31.4. The number of unbranched alkanes of at least 4 members (excludes halogenated alkanes) is 1. The van der Waals surface area contributed by atoms with Crippen LogP contribution in [0.5, 0.6) is 5.75 Å². The first kappa shape index (κ1) is 49.6. The van der Waals surface area contributed by atoms with Gasteiger partial charge in [-0.2, -0.15) is 5.10 Å². The second kappa shape index (κ2) is 24.6. The molecule has 65 heavy (non-hydrogen) atoms. The van der Waals surface area contributed by atoms with Gasteiger partial charge in [-0.15, -0.1) is 0 Å². The predicted molar refractivity (Wildman–Crippen MR) is 262 cm³/mol. The molecule has 2 fully saturated rings. The van der Waals surface area contributed by atoms with Crippen molar-refractivity contribution in [2.45, 2.75) is 128 Å². The van der Waals surface area contributed by atoms with E-state index in [1.165, 1.54) is 0 Å². The highest BCUT2D eigenvalue weighted by atomic mass is 35.5. The number of halogens is 3. The van der Waals surface area contributed by atoms with Crippen molar-refractivity contribution < 1.29 is 24.0 Å². The van der Waals surface area contributed by atoms with Crippen LogP contribution in [0.1, 0.15) is 149 Å². The molecule has 13 heteroatoms. The normalized spacial score (nSPS) is 17.7. The van der Waals surface area contributed by atoms with Crippen molar-refractivity contribution in [3.63, 3.8) is 0 Å². The molecule has 0 radical (unpaired) electrons. The molecule has 4 aromatic rings. The maximum atomic E-state index is 13.2. The topological polar surface area (TPSA) is 132 Å². The van der Waals surface area contributed by atoms with E-state index in [0.717, 1.165) is 74.8 Å². The molecule has 3 N–H and O–H groups in total. The van der Waals surface area contributed by atoms with Gasteiger partial charge in [0.25, 0.3) is 5.91 Å². The van der Waals surface area contributed by atoms with E-state index in [2.05, 4.69) is 88.6 Å². The lowest BCUT2D eigenvalue weighted by Gasteiger charge is -2.44. The largest absolute Gasteiger partial charge is 0.489 e. The minimum atomic E-state index is -1.16. The fourth-order valence-electron chi connectivity index (χ4n) is 7.90. The number of aliphatic hydroxyl groups is 1. The Morgan fingerprint density at radius 1 is 0.862 bits per heavy atom. The van der Waals surface area contributed by atoms with Crippen LogP contribution in [0.3, 0.4) is 0 Å². The van der Waals surface area contributed by atoms with Gasteiger partial charge >= 0.3 is 0 Å². The van der Waals surface area contributed by atoms with E-state index >= 15 is 0 Å². The summed E-state index contributed by atoms with van der Waals surface area (Å²) in [7, 11) is 0.